The Morgan fingerprint density at radius 2 is 2.15 bits per heavy atom. The van der Waals surface area contributed by atoms with Gasteiger partial charge < -0.3 is 0 Å². The molecule has 27 heavy (non-hydrogen) atoms. The van der Waals surface area contributed by atoms with Crippen molar-refractivity contribution in [3.63, 3.8) is 0 Å². The van der Waals surface area contributed by atoms with Crippen LogP contribution in [-0.4, -0.2) is 28.0 Å². The van der Waals surface area contributed by atoms with Crippen molar-refractivity contribution in [1.29, 1.82) is 0 Å². The van der Waals surface area contributed by atoms with Gasteiger partial charge in [0, 0.05) is 16.9 Å². The second-order valence-corrected chi connectivity index (χ2v) is 8.68. The van der Waals surface area contributed by atoms with Crippen LogP contribution >= 0.6 is 11.8 Å². The predicted octanol–water partition coefficient (Wildman–Crippen LogP) is 2.59. The molecule has 0 spiro atoms. The van der Waals surface area contributed by atoms with Crippen molar-refractivity contribution in [2.75, 3.05) is 5.75 Å². The van der Waals surface area contributed by atoms with Gasteiger partial charge in [0.25, 0.3) is 5.91 Å². The monoisotopic (exact) mass is 382 g/mol. The minimum atomic E-state index is -0.141. The lowest BCUT2D eigenvalue weighted by Crippen LogP contribution is -2.55. The number of amidine groups is 1. The number of para-hydroxylation sites is 1. The fourth-order valence-corrected chi connectivity index (χ4v) is 4.83. The molecule has 4 rings (SSSR count). The van der Waals surface area contributed by atoms with Crippen molar-refractivity contribution in [3.05, 3.63) is 46.5 Å². The number of carbonyl (C=O) groups is 1. The first kappa shape index (κ1) is 18.3. The summed E-state index contributed by atoms with van der Waals surface area (Å²) in [7, 11) is 0. The van der Waals surface area contributed by atoms with Gasteiger partial charge in [-0.1, -0.05) is 55.5 Å². The highest BCUT2D eigenvalue weighted by molar-refractivity contribution is 8.13. The van der Waals surface area contributed by atoms with Crippen LogP contribution in [-0.2, 0) is 4.79 Å². The zero-order chi connectivity index (χ0) is 19.0. The Hall–Kier alpha value is -2.08. The van der Waals surface area contributed by atoms with Crippen LogP contribution in [0.4, 0.5) is 0 Å². The highest BCUT2D eigenvalue weighted by atomic mass is 32.2. The normalized spacial score (nSPS) is 27.1. The largest absolute Gasteiger partial charge is 0.298 e. The molecule has 0 aromatic heterocycles. The van der Waals surface area contributed by atoms with Crippen LogP contribution in [0, 0.1) is 11.8 Å². The lowest BCUT2D eigenvalue weighted by atomic mass is 9.79. The maximum absolute atomic E-state index is 13.0. The quantitative estimate of drug-likeness (QED) is 0.818. The van der Waals surface area contributed by atoms with Gasteiger partial charge in [-0.2, -0.15) is 0 Å². The molecule has 0 radical (unpaired) electrons. The molecule has 1 aromatic carbocycles. The lowest BCUT2D eigenvalue weighted by molar-refractivity contribution is -0.116. The van der Waals surface area contributed by atoms with Gasteiger partial charge in [-0.05, 0) is 38.2 Å². The Balaban J connectivity index is 1.82. The molecular weight excluding hydrogens is 356 g/mol. The fraction of sp³-hybridized carbons (Fsp3) is 0.476. The second-order valence-electron chi connectivity index (χ2n) is 7.59. The van der Waals surface area contributed by atoms with Gasteiger partial charge in [-0.25, -0.2) is 5.01 Å². The van der Waals surface area contributed by atoms with Gasteiger partial charge in [0.15, 0.2) is 5.17 Å². The van der Waals surface area contributed by atoms with Crippen molar-refractivity contribution < 1.29 is 4.79 Å². The number of carbonyl (C=O) groups excluding carboxylic acids is 1. The molecule has 3 aliphatic rings. The fourth-order valence-electron chi connectivity index (χ4n) is 4.12. The number of nitrogens with zero attached hydrogens (tertiary/aromatic N) is 3. The van der Waals surface area contributed by atoms with E-state index in [1.54, 1.807) is 11.8 Å². The summed E-state index contributed by atoms with van der Waals surface area (Å²) in [6.07, 6.45) is 5.27. The third kappa shape index (κ3) is 3.43. The summed E-state index contributed by atoms with van der Waals surface area (Å²) in [5.41, 5.74) is 2.07. The number of hydrogen-bond donors (Lipinski definition) is 1. The summed E-state index contributed by atoms with van der Waals surface area (Å²) in [4.78, 5) is 18.0. The van der Waals surface area contributed by atoms with E-state index in [0.717, 1.165) is 35.6 Å². The van der Waals surface area contributed by atoms with Gasteiger partial charge in [-0.15, -0.1) is 5.10 Å². The Kier molecular flexibility index (Phi) is 5.08. The Morgan fingerprint density at radius 1 is 1.33 bits per heavy atom. The van der Waals surface area contributed by atoms with Gasteiger partial charge in [-0.3, -0.25) is 15.1 Å². The maximum Gasteiger partial charge on any atom is 0.276 e. The number of hydrazone groups is 1. The molecule has 0 saturated heterocycles. The van der Waals surface area contributed by atoms with E-state index >= 15 is 0 Å². The van der Waals surface area contributed by atoms with E-state index in [9.17, 15) is 4.79 Å². The summed E-state index contributed by atoms with van der Waals surface area (Å²) in [6.45, 7) is 6.62. The number of allylic oxidation sites excluding steroid dienone is 2. The molecule has 142 valence electrons. The van der Waals surface area contributed by atoms with E-state index in [-0.39, 0.29) is 12.1 Å². The first-order valence-electron chi connectivity index (χ1n) is 9.73. The molecule has 0 saturated carbocycles. The van der Waals surface area contributed by atoms with Gasteiger partial charge >= 0.3 is 0 Å². The number of hydrogen-bond acceptors (Lipinski definition) is 5. The van der Waals surface area contributed by atoms with Crippen molar-refractivity contribution in [2.45, 2.75) is 46.2 Å². The lowest BCUT2D eigenvalue weighted by Gasteiger charge is -2.40. The molecule has 5 nitrogen and oxygen atoms in total. The Morgan fingerprint density at radius 3 is 2.93 bits per heavy atom. The van der Waals surface area contributed by atoms with Crippen LogP contribution in [0.2, 0.25) is 0 Å². The molecule has 3 atom stereocenters. The number of nitrogens with one attached hydrogen (secondary N) is 1. The van der Waals surface area contributed by atoms with Crippen molar-refractivity contribution in [3.8, 4) is 0 Å². The number of benzene rings is 1. The minimum absolute atomic E-state index is 0.0776. The average molecular weight is 383 g/mol. The SMILES string of the molecule is CCCSC1=NN2C(=c3ccccc3=N[C@@H]2[C@H]2CC=C(C)C[C@@H]2C)C(=O)N1. The first-order chi connectivity index (χ1) is 13.1. The van der Waals surface area contributed by atoms with Crippen LogP contribution in [0.15, 0.2) is 46.0 Å². The topological polar surface area (TPSA) is 57.1 Å². The average Bonchev–Trinajstić information content (AvgIpc) is 2.65. The molecule has 2 heterocycles. The Labute approximate surface area is 164 Å². The maximum atomic E-state index is 13.0. The molecule has 0 bridgehead atoms. The molecule has 1 amide bonds. The van der Waals surface area contributed by atoms with E-state index in [1.807, 2.05) is 29.3 Å². The smallest absolute Gasteiger partial charge is 0.276 e. The summed E-state index contributed by atoms with van der Waals surface area (Å²) in [5.74, 6) is 1.69. The molecule has 1 N–H and O–H groups in total. The van der Waals surface area contributed by atoms with Crippen molar-refractivity contribution >= 4 is 28.5 Å². The number of amides is 1. The number of thioether (sulfide) groups is 1. The summed E-state index contributed by atoms with van der Waals surface area (Å²) < 4.78 is 0. The van der Waals surface area contributed by atoms with Gasteiger partial charge in [0.2, 0.25) is 0 Å². The van der Waals surface area contributed by atoms with Crippen LogP contribution in [0.1, 0.15) is 40.0 Å². The van der Waals surface area contributed by atoms with Crippen LogP contribution in [0.25, 0.3) is 5.70 Å². The number of fused-ring (bicyclic) bond motifs is 2. The van der Waals surface area contributed by atoms with E-state index in [2.05, 4.69) is 32.2 Å². The Bertz CT molecular complexity index is 936. The molecule has 2 aliphatic heterocycles. The van der Waals surface area contributed by atoms with Crippen LogP contribution in [0.5, 0.6) is 0 Å². The van der Waals surface area contributed by atoms with E-state index in [4.69, 9.17) is 10.1 Å². The standard InChI is InChI=1S/C21H26N4OS/c1-4-11-27-21-23-20(26)18-16-7-5-6-8-17(16)22-19(25(18)24-21)15-10-9-13(2)12-14(15)3/h5-9,14-15,19H,4,10-12H2,1-3H3,(H,23,24,26)/t14-,15-,19-/m0/s1. The van der Waals surface area contributed by atoms with Crippen molar-refractivity contribution in [2.24, 2.45) is 21.9 Å². The highest BCUT2D eigenvalue weighted by Crippen LogP contribution is 2.36. The van der Waals surface area contributed by atoms with Crippen LogP contribution < -0.4 is 15.9 Å². The molecule has 0 fully saturated rings. The highest BCUT2D eigenvalue weighted by Gasteiger charge is 2.39. The zero-order valence-electron chi connectivity index (χ0n) is 16.1. The predicted molar refractivity (Wildman–Crippen MR) is 110 cm³/mol. The molecule has 1 aliphatic carbocycles. The minimum Gasteiger partial charge on any atom is -0.298 e. The summed E-state index contributed by atoms with van der Waals surface area (Å²) in [5, 5.41) is 12.1. The van der Waals surface area contributed by atoms with E-state index in [1.165, 1.54) is 5.57 Å². The summed E-state index contributed by atoms with van der Waals surface area (Å²) in [6, 6.07) is 7.90. The van der Waals surface area contributed by atoms with Gasteiger partial charge in [0.05, 0.1) is 5.36 Å². The zero-order valence-corrected chi connectivity index (χ0v) is 16.9. The van der Waals surface area contributed by atoms with Crippen LogP contribution in [0.3, 0.4) is 0 Å². The number of rotatable bonds is 3. The molecular formula is C21H26N4OS. The third-order valence-electron chi connectivity index (χ3n) is 5.48. The van der Waals surface area contributed by atoms with E-state index < -0.39 is 0 Å². The third-order valence-corrected chi connectivity index (χ3v) is 6.55. The van der Waals surface area contributed by atoms with Crippen molar-refractivity contribution in [1.82, 2.24) is 10.3 Å². The molecule has 6 heteroatoms. The van der Waals surface area contributed by atoms with Gasteiger partial charge in [0.1, 0.15) is 11.9 Å². The van der Waals surface area contributed by atoms with E-state index in [0.29, 0.717) is 22.7 Å². The summed E-state index contributed by atoms with van der Waals surface area (Å²) >= 11 is 1.60. The molecule has 0 unspecified atom stereocenters. The second kappa shape index (κ2) is 7.50. The molecule has 1 aromatic rings. The first-order valence-corrected chi connectivity index (χ1v) is 10.7.